The summed E-state index contributed by atoms with van der Waals surface area (Å²) in [5.74, 6) is 0.119. The molecule has 1 saturated carbocycles. The highest BCUT2D eigenvalue weighted by atomic mass is 19.4. The predicted molar refractivity (Wildman–Crippen MR) is 57.0 cm³/mol. The van der Waals surface area contributed by atoms with E-state index in [1.54, 1.807) is 0 Å². The summed E-state index contributed by atoms with van der Waals surface area (Å²) in [5, 5.41) is 9.89. The van der Waals surface area contributed by atoms with Crippen molar-refractivity contribution in [2.24, 2.45) is 16.7 Å². The van der Waals surface area contributed by atoms with Gasteiger partial charge in [0.05, 0.1) is 6.10 Å². The van der Waals surface area contributed by atoms with Crippen molar-refractivity contribution in [2.45, 2.75) is 59.2 Å². The molecule has 0 heterocycles. The summed E-state index contributed by atoms with van der Waals surface area (Å²) in [5.41, 5.74) is 0.0648. The van der Waals surface area contributed by atoms with Crippen LogP contribution in [-0.4, -0.2) is 17.4 Å². The number of halogens is 3. The van der Waals surface area contributed by atoms with E-state index in [-0.39, 0.29) is 29.6 Å². The van der Waals surface area contributed by atoms with Crippen LogP contribution in [0.25, 0.3) is 0 Å². The van der Waals surface area contributed by atoms with Crippen LogP contribution in [0, 0.1) is 16.7 Å². The second-order valence-corrected chi connectivity index (χ2v) is 6.00. The largest absolute Gasteiger partial charge is 0.393 e. The van der Waals surface area contributed by atoms with Crippen LogP contribution < -0.4 is 0 Å². The van der Waals surface area contributed by atoms with Gasteiger partial charge in [0.1, 0.15) is 0 Å². The van der Waals surface area contributed by atoms with Gasteiger partial charge in [0.25, 0.3) is 0 Å². The third-order valence-corrected chi connectivity index (χ3v) is 4.48. The summed E-state index contributed by atoms with van der Waals surface area (Å²) in [6, 6.07) is 0. The zero-order valence-electron chi connectivity index (χ0n) is 10.4. The Bertz CT molecular complexity index is 241. The number of alkyl halides is 3. The molecule has 1 unspecified atom stereocenters. The topological polar surface area (TPSA) is 20.2 Å². The lowest BCUT2D eigenvalue weighted by molar-refractivity contribution is -0.136. The first-order valence-corrected chi connectivity index (χ1v) is 5.75. The second kappa shape index (κ2) is 3.90. The molecule has 0 aromatic heterocycles. The Morgan fingerprint density at radius 2 is 1.56 bits per heavy atom. The van der Waals surface area contributed by atoms with Crippen molar-refractivity contribution in [3.05, 3.63) is 0 Å². The molecule has 0 radical (unpaired) electrons. The van der Waals surface area contributed by atoms with Gasteiger partial charge in [-0.1, -0.05) is 27.7 Å². The Hall–Kier alpha value is -0.250. The van der Waals surface area contributed by atoms with Gasteiger partial charge in [0.15, 0.2) is 0 Å². The van der Waals surface area contributed by atoms with Gasteiger partial charge in [0.2, 0.25) is 0 Å². The molecular weight excluding hydrogens is 217 g/mol. The summed E-state index contributed by atoms with van der Waals surface area (Å²) in [4.78, 5) is 0. The molecule has 16 heavy (non-hydrogen) atoms. The van der Waals surface area contributed by atoms with E-state index in [4.69, 9.17) is 0 Å². The standard InChI is InChI=1S/C12H21F3O/c1-10(2)9(11(10,3)4)8(16)6-5-7-12(13,14)15/h8-9,16H,5-7H2,1-4H3. The Labute approximate surface area is 95.0 Å². The number of aliphatic hydroxyl groups excluding tert-OH is 1. The van der Waals surface area contributed by atoms with Crippen LogP contribution in [0.1, 0.15) is 47.0 Å². The molecule has 0 bridgehead atoms. The molecule has 0 aliphatic heterocycles. The highest BCUT2D eigenvalue weighted by molar-refractivity contribution is 5.14. The van der Waals surface area contributed by atoms with Gasteiger partial charge < -0.3 is 5.11 Å². The molecule has 96 valence electrons. The lowest BCUT2D eigenvalue weighted by atomic mass is 10.0. The van der Waals surface area contributed by atoms with E-state index in [0.29, 0.717) is 0 Å². The first kappa shape index (κ1) is 13.8. The van der Waals surface area contributed by atoms with Crippen molar-refractivity contribution in [3.8, 4) is 0 Å². The smallest absolute Gasteiger partial charge is 0.389 e. The fourth-order valence-corrected chi connectivity index (χ4v) is 2.89. The van der Waals surface area contributed by atoms with Crippen molar-refractivity contribution < 1.29 is 18.3 Å². The summed E-state index contributed by atoms with van der Waals surface area (Å²) in [6.45, 7) is 8.24. The third-order valence-electron chi connectivity index (χ3n) is 4.48. The quantitative estimate of drug-likeness (QED) is 0.790. The predicted octanol–water partition coefficient (Wildman–Crippen LogP) is 3.76. The number of aliphatic hydroxyl groups is 1. The average molecular weight is 238 g/mol. The van der Waals surface area contributed by atoms with E-state index < -0.39 is 18.7 Å². The van der Waals surface area contributed by atoms with Crippen molar-refractivity contribution in [3.63, 3.8) is 0 Å². The van der Waals surface area contributed by atoms with Crippen molar-refractivity contribution in [1.29, 1.82) is 0 Å². The second-order valence-electron chi connectivity index (χ2n) is 6.00. The van der Waals surface area contributed by atoms with Crippen LogP contribution in [-0.2, 0) is 0 Å². The summed E-state index contributed by atoms with van der Waals surface area (Å²) in [6.07, 6.45) is -5.23. The zero-order chi connectivity index (χ0) is 12.8. The van der Waals surface area contributed by atoms with E-state index in [1.165, 1.54) is 0 Å². The molecule has 0 spiro atoms. The molecule has 1 rings (SSSR count). The first-order valence-electron chi connectivity index (χ1n) is 5.75. The number of hydrogen-bond acceptors (Lipinski definition) is 1. The third kappa shape index (κ3) is 2.53. The molecule has 0 saturated heterocycles. The fourth-order valence-electron chi connectivity index (χ4n) is 2.89. The van der Waals surface area contributed by atoms with Crippen molar-refractivity contribution in [1.82, 2.24) is 0 Å². The van der Waals surface area contributed by atoms with E-state index in [1.807, 2.05) is 0 Å². The van der Waals surface area contributed by atoms with E-state index in [2.05, 4.69) is 27.7 Å². The number of hydrogen-bond donors (Lipinski definition) is 1. The molecule has 0 aromatic rings. The Balaban J connectivity index is 2.36. The molecule has 1 fully saturated rings. The van der Waals surface area contributed by atoms with Crippen molar-refractivity contribution in [2.75, 3.05) is 0 Å². The van der Waals surface area contributed by atoms with Gasteiger partial charge in [-0.05, 0) is 29.6 Å². The first-order chi connectivity index (χ1) is 7.00. The normalized spacial score (nSPS) is 25.5. The van der Waals surface area contributed by atoms with Gasteiger partial charge in [0, 0.05) is 6.42 Å². The molecular formula is C12H21F3O. The van der Waals surface area contributed by atoms with Crippen LogP contribution >= 0.6 is 0 Å². The lowest BCUT2D eigenvalue weighted by Gasteiger charge is -2.13. The van der Waals surface area contributed by atoms with Gasteiger partial charge in [-0.2, -0.15) is 13.2 Å². The molecule has 0 aromatic carbocycles. The lowest BCUT2D eigenvalue weighted by Crippen LogP contribution is -2.16. The molecule has 0 amide bonds. The van der Waals surface area contributed by atoms with Crippen LogP contribution in [0.5, 0.6) is 0 Å². The van der Waals surface area contributed by atoms with E-state index in [0.717, 1.165) is 0 Å². The van der Waals surface area contributed by atoms with Gasteiger partial charge in [-0.15, -0.1) is 0 Å². The van der Waals surface area contributed by atoms with Gasteiger partial charge in [-0.3, -0.25) is 0 Å². The number of rotatable bonds is 4. The monoisotopic (exact) mass is 238 g/mol. The molecule has 1 atom stereocenters. The van der Waals surface area contributed by atoms with Gasteiger partial charge >= 0.3 is 6.18 Å². The molecule has 4 heteroatoms. The molecule has 1 aliphatic carbocycles. The Kier molecular flexibility index (Phi) is 3.36. The van der Waals surface area contributed by atoms with E-state index in [9.17, 15) is 18.3 Å². The van der Waals surface area contributed by atoms with Crippen LogP contribution in [0.15, 0.2) is 0 Å². The SMILES string of the molecule is CC1(C)C(C(O)CCCC(F)(F)F)C1(C)C. The Morgan fingerprint density at radius 3 is 1.88 bits per heavy atom. The zero-order valence-corrected chi connectivity index (χ0v) is 10.4. The highest BCUT2D eigenvalue weighted by Crippen LogP contribution is 2.70. The maximum atomic E-state index is 11.9. The minimum Gasteiger partial charge on any atom is -0.393 e. The maximum absolute atomic E-state index is 11.9. The van der Waals surface area contributed by atoms with E-state index >= 15 is 0 Å². The minimum absolute atomic E-state index is 0.0212. The molecule has 1 nitrogen and oxygen atoms in total. The fraction of sp³-hybridized carbons (Fsp3) is 1.00. The summed E-state index contributed by atoms with van der Waals surface area (Å²) < 4.78 is 35.8. The van der Waals surface area contributed by atoms with Gasteiger partial charge in [-0.25, -0.2) is 0 Å². The van der Waals surface area contributed by atoms with Crippen molar-refractivity contribution >= 4 is 0 Å². The van der Waals surface area contributed by atoms with Crippen LogP contribution in [0.2, 0.25) is 0 Å². The minimum atomic E-state index is -4.10. The summed E-state index contributed by atoms with van der Waals surface area (Å²) in [7, 11) is 0. The average Bonchev–Trinajstić information content (AvgIpc) is 2.39. The maximum Gasteiger partial charge on any atom is 0.389 e. The van der Waals surface area contributed by atoms with Crippen LogP contribution in [0.3, 0.4) is 0 Å². The summed E-state index contributed by atoms with van der Waals surface area (Å²) >= 11 is 0. The Morgan fingerprint density at radius 1 is 1.12 bits per heavy atom. The highest BCUT2D eigenvalue weighted by Gasteiger charge is 2.66. The van der Waals surface area contributed by atoms with Crippen LogP contribution in [0.4, 0.5) is 13.2 Å². The molecule has 1 N–H and O–H groups in total. The molecule has 1 aliphatic rings.